The van der Waals surface area contributed by atoms with Crippen LogP contribution in [-0.2, 0) is 14.3 Å². The zero-order valence-corrected chi connectivity index (χ0v) is 22.2. The molecule has 3 fully saturated rings. The second-order valence-corrected chi connectivity index (χ2v) is 10.5. The molecule has 2 atom stereocenters. The number of fused-ring (bicyclic) bond motifs is 1. The number of aromatic nitrogens is 3. The quantitative estimate of drug-likeness (QED) is 0.396. The summed E-state index contributed by atoms with van der Waals surface area (Å²) < 4.78 is 52.1. The zero-order valence-electron chi connectivity index (χ0n) is 22.2. The van der Waals surface area contributed by atoms with Crippen molar-refractivity contribution in [2.75, 3.05) is 64.0 Å². The lowest BCUT2D eigenvalue weighted by atomic mass is 9.78. The number of hydrogen-bond acceptors (Lipinski definition) is 10. The highest BCUT2D eigenvalue weighted by atomic mass is 19.1. The van der Waals surface area contributed by atoms with Gasteiger partial charge in [-0.3, -0.25) is 4.79 Å². The van der Waals surface area contributed by atoms with Gasteiger partial charge >= 0.3 is 0 Å². The maximum atomic E-state index is 15.4. The Kier molecular flexibility index (Phi) is 6.75. The number of ketones is 1. The molecule has 3 aromatic rings. The first kappa shape index (κ1) is 26.3. The lowest BCUT2D eigenvalue weighted by molar-refractivity contribution is -0.127. The van der Waals surface area contributed by atoms with Gasteiger partial charge in [0.05, 0.1) is 69.4 Å². The van der Waals surface area contributed by atoms with Crippen LogP contribution in [-0.4, -0.2) is 80.5 Å². The molecule has 0 amide bonds. The second-order valence-electron chi connectivity index (χ2n) is 10.5. The Morgan fingerprint density at radius 3 is 2.50 bits per heavy atom. The number of halogens is 2. The Morgan fingerprint density at radius 1 is 1.15 bits per heavy atom. The van der Waals surface area contributed by atoms with E-state index in [1.165, 1.54) is 20.3 Å². The number of pyridine rings is 1. The van der Waals surface area contributed by atoms with E-state index in [2.05, 4.69) is 31.7 Å². The maximum absolute atomic E-state index is 15.4. The molecule has 5 heterocycles. The van der Waals surface area contributed by atoms with E-state index in [0.717, 1.165) is 6.07 Å². The van der Waals surface area contributed by atoms with Gasteiger partial charge in [0.1, 0.15) is 11.6 Å². The van der Waals surface area contributed by atoms with Crippen LogP contribution in [0.1, 0.15) is 6.42 Å². The minimum atomic E-state index is -0.925. The molecule has 12 heteroatoms. The topological polar surface area (TPSA) is 108 Å². The molecule has 3 aliphatic rings. The third-order valence-electron chi connectivity index (χ3n) is 7.75. The van der Waals surface area contributed by atoms with Gasteiger partial charge in [-0.15, -0.1) is 0 Å². The average molecular weight is 554 g/mol. The fourth-order valence-electron chi connectivity index (χ4n) is 5.51. The van der Waals surface area contributed by atoms with Crippen molar-refractivity contribution in [3.05, 3.63) is 42.6 Å². The number of rotatable bonds is 9. The normalized spacial score (nSPS) is 21.1. The lowest BCUT2D eigenvalue weighted by Gasteiger charge is -2.55. The Labute approximate surface area is 229 Å². The number of anilines is 2. The predicted molar refractivity (Wildman–Crippen MR) is 143 cm³/mol. The molecular formula is C28H29F2N5O5. The summed E-state index contributed by atoms with van der Waals surface area (Å²) in [5.41, 5.74) is 0.0347. The summed E-state index contributed by atoms with van der Waals surface area (Å²) >= 11 is 0. The van der Waals surface area contributed by atoms with Crippen LogP contribution in [0.2, 0.25) is 0 Å². The van der Waals surface area contributed by atoms with E-state index in [0.29, 0.717) is 68.5 Å². The minimum Gasteiger partial charge on any atom is -0.494 e. The van der Waals surface area contributed by atoms with E-state index in [9.17, 15) is 4.79 Å². The van der Waals surface area contributed by atoms with Crippen LogP contribution in [0, 0.1) is 23.0 Å². The lowest BCUT2D eigenvalue weighted by Crippen LogP contribution is -2.66. The molecule has 0 aliphatic carbocycles. The number of methoxy groups -OCH3 is 2. The van der Waals surface area contributed by atoms with Crippen LogP contribution in [0.15, 0.2) is 31.0 Å². The predicted octanol–water partition coefficient (Wildman–Crippen LogP) is 3.40. The van der Waals surface area contributed by atoms with E-state index in [4.69, 9.17) is 18.9 Å². The molecule has 3 aliphatic heterocycles. The maximum Gasteiger partial charge on any atom is 0.179 e. The first-order valence-corrected chi connectivity index (χ1v) is 12.9. The van der Waals surface area contributed by atoms with Gasteiger partial charge in [-0.05, 0) is 12.1 Å². The van der Waals surface area contributed by atoms with Crippen molar-refractivity contribution in [2.24, 2.45) is 11.3 Å². The molecule has 40 heavy (non-hydrogen) atoms. The van der Waals surface area contributed by atoms with Crippen molar-refractivity contribution >= 4 is 28.3 Å². The van der Waals surface area contributed by atoms with Gasteiger partial charge in [-0.1, -0.05) is 6.58 Å². The monoisotopic (exact) mass is 553 g/mol. The molecule has 0 saturated carbocycles. The van der Waals surface area contributed by atoms with Crippen LogP contribution in [0.25, 0.3) is 22.3 Å². The van der Waals surface area contributed by atoms with Crippen molar-refractivity contribution in [3.8, 4) is 22.9 Å². The molecule has 1 N–H and O–H groups in total. The number of ether oxygens (including phenoxy) is 4. The fourth-order valence-corrected chi connectivity index (χ4v) is 5.51. The van der Waals surface area contributed by atoms with Crippen LogP contribution in [0.5, 0.6) is 11.5 Å². The Morgan fingerprint density at radius 2 is 1.88 bits per heavy atom. The van der Waals surface area contributed by atoms with Crippen molar-refractivity contribution in [3.63, 3.8) is 0 Å². The van der Waals surface area contributed by atoms with E-state index in [1.807, 2.05) is 6.07 Å². The highest BCUT2D eigenvalue weighted by molar-refractivity contribution is 5.93. The molecule has 1 spiro atoms. The molecule has 0 unspecified atom stereocenters. The van der Waals surface area contributed by atoms with E-state index in [-0.39, 0.29) is 40.5 Å². The highest BCUT2D eigenvalue weighted by Crippen LogP contribution is 2.43. The molecule has 0 bridgehead atoms. The zero-order chi connectivity index (χ0) is 28.0. The molecule has 10 nitrogen and oxygen atoms in total. The van der Waals surface area contributed by atoms with E-state index < -0.39 is 17.2 Å². The van der Waals surface area contributed by atoms with E-state index in [1.54, 1.807) is 6.20 Å². The number of nitrogens with zero attached hydrogens (tertiary/aromatic N) is 4. The smallest absolute Gasteiger partial charge is 0.179 e. The first-order valence-electron chi connectivity index (χ1n) is 12.9. The van der Waals surface area contributed by atoms with Crippen molar-refractivity contribution in [1.29, 1.82) is 0 Å². The molecular weight excluding hydrogens is 524 g/mol. The van der Waals surface area contributed by atoms with E-state index >= 15 is 8.78 Å². The molecule has 6 rings (SSSR count). The Hall–Kier alpha value is -3.90. The summed E-state index contributed by atoms with van der Waals surface area (Å²) in [6.45, 7) is 7.16. The van der Waals surface area contributed by atoms with Crippen LogP contribution in [0.4, 0.5) is 20.4 Å². The highest BCUT2D eigenvalue weighted by Gasteiger charge is 2.50. The summed E-state index contributed by atoms with van der Waals surface area (Å²) in [5.74, 6) is -1.35. The molecule has 3 saturated heterocycles. The standard InChI is InChI=1S/C28H29F2N5O5/c1-4-16(36)5-15-9-39-10-19(15)32-22-6-17-18(8-31-22)33-26(34-27(17)35-11-28(12-35)13-40-14-28)23-24(29)20(37-2)7-21(38-3)25(23)30/h4,6-8,15,19H,1,5,9-14H2,2-3H3,(H,31,32)/t15-,19+/m0/s1. The molecule has 2 aromatic heterocycles. The summed E-state index contributed by atoms with van der Waals surface area (Å²) in [4.78, 5) is 27.7. The molecule has 210 valence electrons. The SMILES string of the molecule is C=CC(=O)C[C@H]1COC[C@H]1Nc1cc2c(N3CC4(COC4)C3)nc(-c3c(F)c(OC)cc(OC)c3F)nc2cn1. The van der Waals surface area contributed by atoms with Crippen molar-refractivity contribution < 1.29 is 32.5 Å². The number of carbonyl (C=O) groups is 1. The van der Waals surface area contributed by atoms with Crippen LogP contribution in [0.3, 0.4) is 0 Å². The minimum absolute atomic E-state index is 0.0241. The summed E-state index contributed by atoms with van der Waals surface area (Å²) in [7, 11) is 2.58. The van der Waals surface area contributed by atoms with Gasteiger partial charge in [-0.2, -0.15) is 0 Å². The summed E-state index contributed by atoms with van der Waals surface area (Å²) in [6, 6.07) is 2.85. The van der Waals surface area contributed by atoms with Gasteiger partial charge in [0, 0.05) is 36.9 Å². The summed E-state index contributed by atoms with van der Waals surface area (Å²) in [6.07, 6.45) is 3.19. The molecule has 1 aromatic carbocycles. The number of hydrogen-bond donors (Lipinski definition) is 1. The fraction of sp³-hybridized carbons (Fsp3) is 0.429. The van der Waals surface area contributed by atoms with Crippen molar-refractivity contribution in [1.82, 2.24) is 15.0 Å². The van der Waals surface area contributed by atoms with Gasteiger partial charge in [0.25, 0.3) is 0 Å². The molecule has 0 radical (unpaired) electrons. The third kappa shape index (κ3) is 4.50. The van der Waals surface area contributed by atoms with Crippen LogP contribution >= 0.6 is 0 Å². The van der Waals surface area contributed by atoms with Gasteiger partial charge in [0.15, 0.2) is 34.7 Å². The average Bonchev–Trinajstić information content (AvgIpc) is 3.33. The van der Waals surface area contributed by atoms with Gasteiger partial charge < -0.3 is 29.2 Å². The Balaban J connectivity index is 1.41. The summed E-state index contributed by atoms with van der Waals surface area (Å²) in [5, 5.41) is 4.05. The number of carbonyl (C=O) groups excluding carboxylic acids is 1. The van der Waals surface area contributed by atoms with Gasteiger partial charge in [0.2, 0.25) is 0 Å². The van der Waals surface area contributed by atoms with Gasteiger partial charge in [-0.25, -0.2) is 23.7 Å². The second kappa shape index (κ2) is 10.3. The largest absolute Gasteiger partial charge is 0.494 e. The van der Waals surface area contributed by atoms with Crippen LogP contribution < -0.4 is 19.7 Å². The number of allylic oxidation sites excluding steroid dienone is 1. The number of nitrogens with one attached hydrogen (secondary N) is 1. The third-order valence-corrected chi connectivity index (χ3v) is 7.75. The Bertz CT molecular complexity index is 1460. The van der Waals surface area contributed by atoms with Crippen molar-refractivity contribution in [2.45, 2.75) is 12.5 Å². The first-order chi connectivity index (χ1) is 19.3. The number of benzene rings is 1.